The molecule has 1 unspecified atom stereocenters. The highest BCUT2D eigenvalue weighted by Gasteiger charge is 2.29. The predicted molar refractivity (Wildman–Crippen MR) is 103 cm³/mol. The van der Waals surface area contributed by atoms with E-state index >= 15 is 0 Å². The normalized spacial score (nSPS) is 21.9. The van der Waals surface area contributed by atoms with Gasteiger partial charge in [0.25, 0.3) is 5.91 Å². The average molecular weight is 384 g/mol. The van der Waals surface area contributed by atoms with Gasteiger partial charge in [0.05, 0.1) is 6.04 Å². The molecule has 0 spiro atoms. The molecule has 1 N–H and O–H groups in total. The topological polar surface area (TPSA) is 78.0 Å². The van der Waals surface area contributed by atoms with Crippen LogP contribution in [0.25, 0.3) is 10.9 Å². The molecule has 1 saturated heterocycles. The van der Waals surface area contributed by atoms with E-state index < -0.39 is 6.09 Å². The van der Waals surface area contributed by atoms with Gasteiger partial charge in [-0.25, -0.2) is 9.18 Å². The van der Waals surface area contributed by atoms with Gasteiger partial charge in [-0.3, -0.25) is 9.79 Å². The number of benzene rings is 1. The Bertz CT molecular complexity index is 960. The van der Waals surface area contributed by atoms with E-state index in [4.69, 9.17) is 4.74 Å². The lowest BCUT2D eigenvalue weighted by molar-refractivity contribution is 0.0458. The van der Waals surface area contributed by atoms with Gasteiger partial charge in [-0.1, -0.05) is 6.07 Å². The van der Waals surface area contributed by atoms with Crippen molar-refractivity contribution in [2.45, 2.75) is 19.1 Å². The van der Waals surface area contributed by atoms with Gasteiger partial charge < -0.3 is 19.5 Å². The lowest BCUT2D eigenvalue weighted by atomic mass is 10.1. The quantitative estimate of drug-likeness (QED) is 0.865. The lowest BCUT2D eigenvalue weighted by Crippen LogP contribution is -2.51. The van der Waals surface area contributed by atoms with Crippen LogP contribution >= 0.6 is 0 Å². The molecule has 2 aliphatic rings. The molecule has 1 fully saturated rings. The van der Waals surface area contributed by atoms with Gasteiger partial charge >= 0.3 is 6.09 Å². The maximum atomic E-state index is 13.8. The molecular weight excluding hydrogens is 363 g/mol. The number of carbonyl (C=O) groups is 2. The fraction of sp³-hybridized carbons (Fsp3) is 0.350. The van der Waals surface area contributed by atoms with Crippen molar-refractivity contribution in [3.05, 3.63) is 47.9 Å². The highest BCUT2D eigenvalue weighted by Crippen LogP contribution is 2.20. The number of nitrogens with zero attached hydrogens (tertiary/aromatic N) is 3. The van der Waals surface area contributed by atoms with Crippen molar-refractivity contribution in [1.29, 1.82) is 0 Å². The maximum Gasteiger partial charge on any atom is 0.410 e. The number of H-pyrrole nitrogens is 1. The van der Waals surface area contributed by atoms with E-state index in [0.717, 1.165) is 0 Å². The number of carbonyl (C=O) groups excluding carboxylic acids is 2. The van der Waals surface area contributed by atoms with Crippen LogP contribution in [0, 0.1) is 5.82 Å². The number of ether oxygens (including phenoxy) is 1. The zero-order chi connectivity index (χ0) is 19.7. The third kappa shape index (κ3) is 3.49. The second-order valence-corrected chi connectivity index (χ2v) is 6.94. The van der Waals surface area contributed by atoms with Gasteiger partial charge in [-0.05, 0) is 37.3 Å². The molecule has 2 amide bonds. The van der Waals surface area contributed by atoms with Crippen molar-refractivity contribution >= 4 is 29.1 Å². The van der Waals surface area contributed by atoms with E-state index in [2.05, 4.69) is 9.98 Å². The van der Waals surface area contributed by atoms with Gasteiger partial charge in [-0.2, -0.15) is 0 Å². The number of nitrogens with one attached hydrogen (secondary N) is 1. The number of hydrogen-bond donors (Lipinski definition) is 1. The molecule has 28 heavy (non-hydrogen) atoms. The SMILES string of the molecule is C[C@H]1N=CC=CC1OC(=O)N1CCN(C(=O)c2cc3c(F)cccc3[nH]2)CC1. The molecule has 0 radical (unpaired) electrons. The van der Waals surface area contributed by atoms with Crippen LogP contribution in [-0.4, -0.2) is 71.3 Å². The zero-order valence-corrected chi connectivity index (χ0v) is 15.5. The Kier molecular flexibility index (Phi) is 4.85. The fourth-order valence-corrected chi connectivity index (χ4v) is 3.41. The molecule has 146 valence electrons. The van der Waals surface area contributed by atoms with Crippen molar-refractivity contribution in [1.82, 2.24) is 14.8 Å². The summed E-state index contributed by atoms with van der Waals surface area (Å²) in [6.45, 7) is 3.43. The molecule has 0 bridgehead atoms. The third-order valence-corrected chi connectivity index (χ3v) is 5.09. The van der Waals surface area contributed by atoms with E-state index in [9.17, 15) is 14.0 Å². The van der Waals surface area contributed by atoms with Crippen LogP contribution in [0.1, 0.15) is 17.4 Å². The minimum atomic E-state index is -0.404. The van der Waals surface area contributed by atoms with Crippen LogP contribution in [0.2, 0.25) is 0 Å². The number of rotatable bonds is 2. The maximum absolute atomic E-state index is 13.8. The highest BCUT2D eigenvalue weighted by atomic mass is 19.1. The summed E-state index contributed by atoms with van der Waals surface area (Å²) in [6.07, 6.45) is 4.48. The van der Waals surface area contributed by atoms with Crippen molar-refractivity contribution in [3.8, 4) is 0 Å². The van der Waals surface area contributed by atoms with Crippen LogP contribution in [-0.2, 0) is 4.74 Å². The van der Waals surface area contributed by atoms with Gasteiger partial charge in [0.1, 0.15) is 17.6 Å². The number of fused-ring (bicyclic) bond motifs is 1. The summed E-state index contributed by atoms with van der Waals surface area (Å²) >= 11 is 0. The smallest absolute Gasteiger partial charge is 0.410 e. The van der Waals surface area contributed by atoms with Gasteiger partial charge in [0, 0.05) is 43.3 Å². The van der Waals surface area contributed by atoms with Gasteiger partial charge in [-0.15, -0.1) is 0 Å². The molecule has 2 atom stereocenters. The van der Waals surface area contributed by atoms with Crippen molar-refractivity contribution in [3.63, 3.8) is 0 Å². The number of aliphatic imine (C=N–C) groups is 1. The number of amides is 2. The molecule has 4 rings (SSSR count). The minimum Gasteiger partial charge on any atom is -0.440 e. The summed E-state index contributed by atoms with van der Waals surface area (Å²) in [4.78, 5) is 35.5. The van der Waals surface area contributed by atoms with Gasteiger partial charge in [0.15, 0.2) is 0 Å². The highest BCUT2D eigenvalue weighted by molar-refractivity contribution is 5.98. The molecule has 0 aliphatic carbocycles. The number of halogens is 1. The number of allylic oxidation sites excluding steroid dienone is 1. The summed E-state index contributed by atoms with van der Waals surface area (Å²) in [7, 11) is 0. The van der Waals surface area contributed by atoms with E-state index in [1.54, 1.807) is 34.2 Å². The number of hydrogen-bond acceptors (Lipinski definition) is 4. The summed E-state index contributed by atoms with van der Waals surface area (Å²) < 4.78 is 19.4. The van der Waals surface area contributed by atoms with E-state index in [0.29, 0.717) is 42.8 Å². The number of dihydropyridines is 1. The predicted octanol–water partition coefficient (Wildman–Crippen LogP) is 2.60. The van der Waals surface area contributed by atoms with Crippen LogP contribution in [0.15, 0.2) is 41.4 Å². The van der Waals surface area contributed by atoms with Crippen molar-refractivity contribution in [2.75, 3.05) is 26.2 Å². The average Bonchev–Trinajstić information content (AvgIpc) is 3.15. The lowest BCUT2D eigenvalue weighted by Gasteiger charge is -2.35. The van der Waals surface area contributed by atoms with Crippen molar-refractivity contribution < 1.29 is 18.7 Å². The first-order valence-corrected chi connectivity index (χ1v) is 9.25. The Morgan fingerprint density at radius 3 is 2.68 bits per heavy atom. The summed E-state index contributed by atoms with van der Waals surface area (Å²) in [6, 6.07) is 6.11. The Balaban J connectivity index is 1.36. The van der Waals surface area contributed by atoms with Crippen LogP contribution in [0.5, 0.6) is 0 Å². The Hall–Kier alpha value is -3.16. The molecular formula is C20H21FN4O3. The molecule has 2 aliphatic heterocycles. The molecule has 3 heterocycles. The molecule has 2 aromatic rings. The zero-order valence-electron chi connectivity index (χ0n) is 15.5. The summed E-state index contributed by atoms with van der Waals surface area (Å²) in [5.41, 5.74) is 0.929. The first kappa shape index (κ1) is 18.2. The molecule has 1 aromatic carbocycles. The third-order valence-electron chi connectivity index (χ3n) is 5.09. The molecule has 7 nitrogen and oxygen atoms in total. The van der Waals surface area contributed by atoms with Crippen LogP contribution < -0.4 is 0 Å². The Labute approximate surface area is 161 Å². The largest absolute Gasteiger partial charge is 0.440 e. The molecule has 1 aromatic heterocycles. The number of aromatic amines is 1. The molecule has 8 heteroatoms. The number of piperazine rings is 1. The first-order valence-electron chi connectivity index (χ1n) is 9.25. The second kappa shape index (κ2) is 7.46. The van der Waals surface area contributed by atoms with Crippen LogP contribution in [0.4, 0.5) is 9.18 Å². The number of aromatic nitrogens is 1. The van der Waals surface area contributed by atoms with E-state index in [1.165, 1.54) is 12.1 Å². The minimum absolute atomic E-state index is 0.112. The van der Waals surface area contributed by atoms with Gasteiger partial charge in [0.2, 0.25) is 0 Å². The molecule has 0 saturated carbocycles. The fourth-order valence-electron chi connectivity index (χ4n) is 3.41. The Morgan fingerprint density at radius 1 is 1.21 bits per heavy atom. The monoisotopic (exact) mass is 384 g/mol. The summed E-state index contributed by atoms with van der Waals surface area (Å²) in [5, 5.41) is 0.394. The van der Waals surface area contributed by atoms with Crippen LogP contribution in [0.3, 0.4) is 0 Å². The first-order chi connectivity index (χ1) is 13.5. The van der Waals surface area contributed by atoms with E-state index in [1.807, 2.05) is 13.0 Å². The summed E-state index contributed by atoms with van der Waals surface area (Å²) in [5.74, 6) is -0.572. The van der Waals surface area contributed by atoms with Crippen molar-refractivity contribution in [2.24, 2.45) is 4.99 Å². The van der Waals surface area contributed by atoms with E-state index in [-0.39, 0.29) is 23.9 Å². The standard InChI is InChI=1S/C20H21FN4O3/c1-13-18(6-3-7-22-13)28-20(27)25-10-8-24(9-11-25)19(26)17-12-14-15(21)4-2-5-16(14)23-17/h2-7,12-13,18,23H,8-11H2,1H3/t13-,18?/m1/s1. The Morgan fingerprint density at radius 2 is 1.96 bits per heavy atom. The second-order valence-electron chi connectivity index (χ2n) is 6.94.